The van der Waals surface area contributed by atoms with Crippen molar-refractivity contribution >= 4 is 22.8 Å². The Bertz CT molecular complexity index is 608. The van der Waals surface area contributed by atoms with Crippen LogP contribution in [-0.4, -0.2) is 12.3 Å². The number of ketones is 1. The lowest BCUT2D eigenvalue weighted by atomic mass is 10.1. The highest BCUT2D eigenvalue weighted by Gasteiger charge is 2.11. The number of benzene rings is 2. The second-order valence-corrected chi connectivity index (χ2v) is 5.17. The van der Waals surface area contributed by atoms with Crippen LogP contribution in [0.2, 0.25) is 0 Å². The third-order valence-electron chi connectivity index (χ3n) is 3.53. The smallest absolute Gasteiger partial charge is 0.161 e. The van der Waals surface area contributed by atoms with Crippen LogP contribution in [0.25, 0.3) is 0 Å². The summed E-state index contributed by atoms with van der Waals surface area (Å²) in [4.78, 5) is 13.7. The van der Waals surface area contributed by atoms with Crippen LogP contribution in [-0.2, 0) is 0 Å². The van der Waals surface area contributed by atoms with Crippen molar-refractivity contribution in [2.75, 3.05) is 17.2 Å². The molecule has 0 atom stereocenters. The molecule has 2 rings (SSSR count). The molecule has 2 N–H and O–H groups in total. The van der Waals surface area contributed by atoms with Gasteiger partial charge in [0.05, 0.1) is 0 Å². The van der Waals surface area contributed by atoms with E-state index in [-0.39, 0.29) is 5.78 Å². The monoisotopic (exact) mass is 282 g/mol. The minimum Gasteiger partial charge on any atom is -0.398 e. The fourth-order valence-electron chi connectivity index (χ4n) is 2.37. The van der Waals surface area contributed by atoms with Crippen molar-refractivity contribution < 1.29 is 4.79 Å². The molecule has 0 bridgehead atoms. The standard InChI is InChI=1S/C18H22N2O/c1-3-4-12-20(15-8-6-5-7-9-15)16-10-11-17(14(2)21)18(19)13-16/h5-11,13H,3-4,12,19H2,1-2H3. The first-order valence-corrected chi connectivity index (χ1v) is 7.36. The number of Topliss-reactive ketones (excluding diaryl/α,β-unsaturated/α-hetero) is 1. The zero-order valence-corrected chi connectivity index (χ0v) is 12.7. The number of rotatable bonds is 6. The SMILES string of the molecule is CCCCN(c1ccccc1)c1ccc(C(C)=O)c(N)c1. The first kappa shape index (κ1) is 15.1. The predicted molar refractivity (Wildman–Crippen MR) is 89.2 cm³/mol. The third kappa shape index (κ3) is 3.63. The van der Waals surface area contributed by atoms with E-state index in [1.54, 1.807) is 0 Å². The lowest BCUT2D eigenvalue weighted by Crippen LogP contribution is -2.18. The van der Waals surface area contributed by atoms with Gasteiger partial charge in [0, 0.05) is 29.2 Å². The van der Waals surface area contributed by atoms with Gasteiger partial charge in [0.25, 0.3) is 0 Å². The summed E-state index contributed by atoms with van der Waals surface area (Å²) in [6.07, 6.45) is 2.23. The summed E-state index contributed by atoms with van der Waals surface area (Å²) in [5.74, 6) is -0.00105. The summed E-state index contributed by atoms with van der Waals surface area (Å²) in [6, 6.07) is 15.9. The topological polar surface area (TPSA) is 46.3 Å². The molecule has 0 fully saturated rings. The summed E-state index contributed by atoms with van der Waals surface area (Å²) < 4.78 is 0. The van der Waals surface area contributed by atoms with Gasteiger partial charge in [-0.3, -0.25) is 4.79 Å². The van der Waals surface area contributed by atoms with E-state index in [0.717, 1.165) is 30.8 Å². The highest BCUT2D eigenvalue weighted by Crippen LogP contribution is 2.28. The Labute approximate surface area is 126 Å². The molecule has 110 valence electrons. The number of hydrogen-bond donors (Lipinski definition) is 1. The molecule has 2 aromatic carbocycles. The summed E-state index contributed by atoms with van der Waals surface area (Å²) in [7, 11) is 0. The fraction of sp³-hybridized carbons (Fsp3) is 0.278. The number of nitrogens with zero attached hydrogens (tertiary/aromatic N) is 1. The van der Waals surface area contributed by atoms with Crippen molar-refractivity contribution in [1.82, 2.24) is 0 Å². The van der Waals surface area contributed by atoms with Crippen LogP contribution in [0.15, 0.2) is 48.5 Å². The van der Waals surface area contributed by atoms with E-state index in [9.17, 15) is 4.79 Å². The largest absolute Gasteiger partial charge is 0.398 e. The second kappa shape index (κ2) is 6.93. The van der Waals surface area contributed by atoms with Gasteiger partial charge in [0.15, 0.2) is 5.78 Å². The van der Waals surface area contributed by atoms with Gasteiger partial charge in [-0.15, -0.1) is 0 Å². The molecule has 2 aromatic rings. The van der Waals surface area contributed by atoms with E-state index in [1.165, 1.54) is 6.92 Å². The maximum atomic E-state index is 11.5. The normalized spacial score (nSPS) is 10.4. The minimum absolute atomic E-state index is 0.00105. The minimum atomic E-state index is -0.00105. The van der Waals surface area contributed by atoms with Crippen LogP contribution >= 0.6 is 0 Å². The fourth-order valence-corrected chi connectivity index (χ4v) is 2.37. The molecule has 0 aliphatic rings. The van der Waals surface area contributed by atoms with Crippen molar-refractivity contribution in [2.45, 2.75) is 26.7 Å². The van der Waals surface area contributed by atoms with E-state index >= 15 is 0 Å². The van der Waals surface area contributed by atoms with E-state index in [0.29, 0.717) is 11.3 Å². The van der Waals surface area contributed by atoms with Gasteiger partial charge >= 0.3 is 0 Å². The second-order valence-electron chi connectivity index (χ2n) is 5.17. The van der Waals surface area contributed by atoms with Crippen molar-refractivity contribution in [1.29, 1.82) is 0 Å². The molecule has 0 aliphatic carbocycles. The summed E-state index contributed by atoms with van der Waals surface area (Å²) in [5.41, 5.74) is 9.31. The Morgan fingerprint density at radius 3 is 2.38 bits per heavy atom. The van der Waals surface area contributed by atoms with Crippen LogP contribution in [0.5, 0.6) is 0 Å². The van der Waals surface area contributed by atoms with Crippen LogP contribution in [0, 0.1) is 0 Å². The van der Waals surface area contributed by atoms with Crippen LogP contribution in [0.3, 0.4) is 0 Å². The van der Waals surface area contributed by atoms with Gasteiger partial charge in [0.1, 0.15) is 0 Å². The summed E-state index contributed by atoms with van der Waals surface area (Å²) in [6.45, 7) is 4.65. The molecule has 0 saturated heterocycles. The molecule has 0 heterocycles. The number of unbranched alkanes of at least 4 members (excludes halogenated alkanes) is 1. The number of carbonyl (C=O) groups is 1. The molecule has 0 amide bonds. The molecule has 0 radical (unpaired) electrons. The Kier molecular flexibility index (Phi) is 4.99. The average molecular weight is 282 g/mol. The van der Waals surface area contributed by atoms with Gasteiger partial charge in [0.2, 0.25) is 0 Å². The molecule has 0 aliphatic heterocycles. The number of nitrogen functional groups attached to an aromatic ring is 1. The molecule has 0 saturated carbocycles. The highest BCUT2D eigenvalue weighted by molar-refractivity contribution is 5.99. The number of hydrogen-bond acceptors (Lipinski definition) is 3. The third-order valence-corrected chi connectivity index (χ3v) is 3.53. The molecule has 0 unspecified atom stereocenters. The quantitative estimate of drug-likeness (QED) is 0.630. The molecule has 21 heavy (non-hydrogen) atoms. The molecular weight excluding hydrogens is 260 g/mol. The van der Waals surface area contributed by atoms with Crippen LogP contribution < -0.4 is 10.6 Å². The van der Waals surface area contributed by atoms with Gasteiger partial charge < -0.3 is 10.6 Å². The molecule has 3 heteroatoms. The van der Waals surface area contributed by atoms with Gasteiger partial charge in [-0.2, -0.15) is 0 Å². The van der Waals surface area contributed by atoms with E-state index < -0.39 is 0 Å². The zero-order valence-electron chi connectivity index (χ0n) is 12.7. The summed E-state index contributed by atoms with van der Waals surface area (Å²) >= 11 is 0. The Morgan fingerprint density at radius 2 is 1.81 bits per heavy atom. The van der Waals surface area contributed by atoms with E-state index in [1.807, 2.05) is 36.4 Å². The van der Waals surface area contributed by atoms with Crippen molar-refractivity contribution in [2.24, 2.45) is 0 Å². The average Bonchev–Trinajstić information content (AvgIpc) is 2.48. The number of nitrogens with two attached hydrogens (primary N) is 1. The number of carbonyl (C=O) groups excluding carboxylic acids is 1. The first-order valence-electron chi connectivity index (χ1n) is 7.36. The van der Waals surface area contributed by atoms with Crippen molar-refractivity contribution in [3.05, 3.63) is 54.1 Å². The zero-order chi connectivity index (χ0) is 15.2. The van der Waals surface area contributed by atoms with Crippen LogP contribution in [0.4, 0.5) is 17.1 Å². The molecule has 0 aromatic heterocycles. The Balaban J connectivity index is 2.37. The van der Waals surface area contributed by atoms with Gasteiger partial charge in [-0.25, -0.2) is 0 Å². The van der Waals surface area contributed by atoms with Gasteiger partial charge in [-0.1, -0.05) is 31.5 Å². The Morgan fingerprint density at radius 1 is 1.10 bits per heavy atom. The van der Waals surface area contributed by atoms with E-state index in [2.05, 4.69) is 24.0 Å². The maximum Gasteiger partial charge on any atom is 0.161 e. The molecule has 3 nitrogen and oxygen atoms in total. The van der Waals surface area contributed by atoms with E-state index in [4.69, 9.17) is 5.73 Å². The lowest BCUT2D eigenvalue weighted by Gasteiger charge is -2.25. The summed E-state index contributed by atoms with van der Waals surface area (Å²) in [5, 5.41) is 0. The maximum absolute atomic E-state index is 11.5. The van der Waals surface area contributed by atoms with Crippen molar-refractivity contribution in [3.63, 3.8) is 0 Å². The van der Waals surface area contributed by atoms with Gasteiger partial charge in [-0.05, 0) is 43.7 Å². The number of para-hydroxylation sites is 1. The Hall–Kier alpha value is -2.29. The van der Waals surface area contributed by atoms with Crippen molar-refractivity contribution in [3.8, 4) is 0 Å². The van der Waals surface area contributed by atoms with Crippen LogP contribution in [0.1, 0.15) is 37.0 Å². The molecular formula is C18H22N2O. The first-order chi connectivity index (χ1) is 10.1. The predicted octanol–water partition coefficient (Wildman–Crippen LogP) is 4.41. The number of anilines is 3. The lowest BCUT2D eigenvalue weighted by molar-refractivity contribution is 0.101. The molecule has 0 spiro atoms. The highest BCUT2D eigenvalue weighted by atomic mass is 16.1.